The Kier molecular flexibility index (Phi) is 4.40. The molecule has 1 amide bonds. The fourth-order valence-electron chi connectivity index (χ4n) is 2.11. The molecule has 0 saturated heterocycles. The van der Waals surface area contributed by atoms with Crippen molar-refractivity contribution in [2.75, 3.05) is 12.4 Å². The second-order valence-corrected chi connectivity index (χ2v) is 4.64. The van der Waals surface area contributed by atoms with Crippen LogP contribution in [-0.4, -0.2) is 22.7 Å². The minimum atomic E-state index is -0.0721. The Labute approximate surface area is 119 Å². The van der Waals surface area contributed by atoms with E-state index < -0.39 is 0 Å². The number of aryl methyl sites for hydroxylation is 2. The molecule has 0 fully saturated rings. The van der Waals surface area contributed by atoms with Crippen molar-refractivity contribution in [3.05, 3.63) is 47.3 Å². The maximum absolute atomic E-state index is 11.4. The lowest BCUT2D eigenvalue weighted by atomic mass is 10.1. The van der Waals surface area contributed by atoms with Gasteiger partial charge in [-0.1, -0.05) is 6.92 Å². The smallest absolute Gasteiger partial charge is 0.251 e. The molecular weight excluding hydrogens is 252 g/mol. The predicted molar refractivity (Wildman–Crippen MR) is 79.7 cm³/mol. The highest BCUT2D eigenvalue weighted by atomic mass is 16.1. The largest absolute Gasteiger partial charge is 0.381 e. The molecule has 1 heterocycles. The standard InChI is InChI=1S/C15H20N4O/c1-4-14-12(10-19(3)18-14)9-17-13-7-5-11(6-8-13)15(20)16-2/h5-8,10,17H,4,9H2,1-3H3,(H,16,20). The number of nitrogens with zero attached hydrogens (tertiary/aromatic N) is 2. The van der Waals surface area contributed by atoms with Crippen LogP contribution in [0.4, 0.5) is 5.69 Å². The fourth-order valence-corrected chi connectivity index (χ4v) is 2.11. The molecule has 0 atom stereocenters. The highest BCUT2D eigenvalue weighted by Gasteiger charge is 2.06. The number of carbonyl (C=O) groups is 1. The number of anilines is 1. The van der Waals surface area contributed by atoms with Crippen LogP contribution in [0.25, 0.3) is 0 Å². The molecule has 0 spiro atoms. The second-order valence-electron chi connectivity index (χ2n) is 4.64. The number of benzene rings is 1. The third kappa shape index (κ3) is 3.17. The zero-order chi connectivity index (χ0) is 14.5. The van der Waals surface area contributed by atoms with Gasteiger partial charge in [0, 0.05) is 43.7 Å². The lowest BCUT2D eigenvalue weighted by Gasteiger charge is -2.07. The van der Waals surface area contributed by atoms with Crippen molar-refractivity contribution in [2.24, 2.45) is 7.05 Å². The average molecular weight is 272 g/mol. The number of aromatic nitrogens is 2. The van der Waals surface area contributed by atoms with Gasteiger partial charge in [0.1, 0.15) is 0 Å². The zero-order valence-electron chi connectivity index (χ0n) is 12.1. The van der Waals surface area contributed by atoms with Gasteiger partial charge in [0.2, 0.25) is 0 Å². The van der Waals surface area contributed by atoms with Crippen molar-refractivity contribution in [2.45, 2.75) is 19.9 Å². The number of hydrogen-bond acceptors (Lipinski definition) is 3. The first-order valence-corrected chi connectivity index (χ1v) is 6.71. The van der Waals surface area contributed by atoms with Crippen molar-refractivity contribution in [1.29, 1.82) is 0 Å². The molecule has 0 radical (unpaired) electrons. The molecule has 1 aromatic carbocycles. The molecule has 106 valence electrons. The topological polar surface area (TPSA) is 59.0 Å². The third-order valence-corrected chi connectivity index (χ3v) is 3.18. The summed E-state index contributed by atoms with van der Waals surface area (Å²) in [6.45, 7) is 2.83. The van der Waals surface area contributed by atoms with Crippen molar-refractivity contribution in [3.63, 3.8) is 0 Å². The molecule has 0 aliphatic rings. The number of hydrogen-bond donors (Lipinski definition) is 2. The van der Waals surface area contributed by atoms with E-state index in [0.29, 0.717) is 5.56 Å². The van der Waals surface area contributed by atoms with Gasteiger partial charge in [-0.3, -0.25) is 9.48 Å². The van der Waals surface area contributed by atoms with Gasteiger partial charge in [0.05, 0.1) is 5.69 Å². The maximum Gasteiger partial charge on any atom is 0.251 e. The van der Waals surface area contributed by atoms with E-state index in [2.05, 4.69) is 22.7 Å². The first kappa shape index (κ1) is 14.1. The van der Waals surface area contributed by atoms with E-state index in [1.165, 1.54) is 5.56 Å². The molecule has 5 heteroatoms. The quantitative estimate of drug-likeness (QED) is 0.874. The normalized spacial score (nSPS) is 10.3. The summed E-state index contributed by atoms with van der Waals surface area (Å²) in [6, 6.07) is 7.44. The predicted octanol–water partition coefficient (Wildman–Crippen LogP) is 1.95. The highest BCUT2D eigenvalue weighted by Crippen LogP contribution is 2.13. The van der Waals surface area contributed by atoms with Gasteiger partial charge in [-0.2, -0.15) is 5.10 Å². The van der Waals surface area contributed by atoms with E-state index >= 15 is 0 Å². The Morgan fingerprint density at radius 1 is 1.30 bits per heavy atom. The summed E-state index contributed by atoms with van der Waals surface area (Å²) in [5.74, 6) is -0.0721. The SMILES string of the molecule is CCc1nn(C)cc1CNc1ccc(C(=O)NC)cc1. The fraction of sp³-hybridized carbons (Fsp3) is 0.333. The third-order valence-electron chi connectivity index (χ3n) is 3.18. The number of amides is 1. The Morgan fingerprint density at radius 3 is 2.60 bits per heavy atom. The van der Waals surface area contributed by atoms with Gasteiger partial charge >= 0.3 is 0 Å². The molecule has 0 aliphatic heterocycles. The molecule has 0 bridgehead atoms. The number of rotatable bonds is 5. The second kappa shape index (κ2) is 6.23. The summed E-state index contributed by atoms with van der Waals surface area (Å²) in [7, 11) is 3.56. The van der Waals surface area contributed by atoms with Crippen LogP contribution in [0.3, 0.4) is 0 Å². The summed E-state index contributed by atoms with van der Waals surface area (Å²) in [6.07, 6.45) is 2.96. The van der Waals surface area contributed by atoms with Crippen LogP contribution >= 0.6 is 0 Å². The van der Waals surface area contributed by atoms with E-state index in [9.17, 15) is 4.79 Å². The van der Waals surface area contributed by atoms with Gasteiger partial charge in [-0.15, -0.1) is 0 Å². The van der Waals surface area contributed by atoms with Crippen LogP contribution < -0.4 is 10.6 Å². The molecule has 1 aromatic heterocycles. The minimum absolute atomic E-state index is 0.0721. The summed E-state index contributed by atoms with van der Waals surface area (Å²) in [5, 5.41) is 10.4. The van der Waals surface area contributed by atoms with E-state index in [-0.39, 0.29) is 5.91 Å². The van der Waals surface area contributed by atoms with Crippen molar-refractivity contribution < 1.29 is 4.79 Å². The Hall–Kier alpha value is -2.30. The zero-order valence-corrected chi connectivity index (χ0v) is 12.1. The molecular formula is C15H20N4O. The maximum atomic E-state index is 11.4. The molecule has 20 heavy (non-hydrogen) atoms. The molecule has 0 saturated carbocycles. The van der Waals surface area contributed by atoms with Gasteiger partial charge in [-0.25, -0.2) is 0 Å². The van der Waals surface area contributed by atoms with Gasteiger partial charge in [0.15, 0.2) is 0 Å². The van der Waals surface area contributed by atoms with Gasteiger partial charge in [0.25, 0.3) is 5.91 Å². The highest BCUT2D eigenvalue weighted by molar-refractivity contribution is 5.94. The summed E-state index contributed by atoms with van der Waals surface area (Å²) in [4.78, 5) is 11.4. The summed E-state index contributed by atoms with van der Waals surface area (Å²) >= 11 is 0. The van der Waals surface area contributed by atoms with Crippen LogP contribution in [0.2, 0.25) is 0 Å². The molecule has 2 aromatic rings. The molecule has 2 rings (SSSR count). The lowest BCUT2D eigenvalue weighted by Crippen LogP contribution is -2.17. The summed E-state index contributed by atoms with van der Waals surface area (Å²) in [5.41, 5.74) is 3.96. The Balaban J connectivity index is 2.02. The average Bonchev–Trinajstić information content (AvgIpc) is 2.85. The number of nitrogens with one attached hydrogen (secondary N) is 2. The molecule has 2 N–H and O–H groups in total. The van der Waals surface area contributed by atoms with Crippen molar-refractivity contribution >= 4 is 11.6 Å². The van der Waals surface area contributed by atoms with Crippen LogP contribution in [0, 0.1) is 0 Å². The first-order valence-electron chi connectivity index (χ1n) is 6.71. The van der Waals surface area contributed by atoms with Crippen molar-refractivity contribution in [3.8, 4) is 0 Å². The summed E-state index contributed by atoms with van der Waals surface area (Å²) < 4.78 is 1.84. The minimum Gasteiger partial charge on any atom is -0.381 e. The lowest BCUT2D eigenvalue weighted by molar-refractivity contribution is 0.0963. The van der Waals surface area contributed by atoms with Crippen molar-refractivity contribution in [1.82, 2.24) is 15.1 Å². The Bertz CT molecular complexity index is 586. The van der Waals surface area contributed by atoms with E-state index in [1.807, 2.05) is 42.2 Å². The van der Waals surface area contributed by atoms with Crippen LogP contribution in [0.15, 0.2) is 30.5 Å². The molecule has 0 aliphatic carbocycles. The van der Waals surface area contributed by atoms with Crippen LogP contribution in [0.5, 0.6) is 0 Å². The van der Waals surface area contributed by atoms with E-state index in [4.69, 9.17) is 0 Å². The number of carbonyl (C=O) groups excluding carboxylic acids is 1. The van der Waals surface area contributed by atoms with E-state index in [1.54, 1.807) is 7.05 Å². The van der Waals surface area contributed by atoms with E-state index in [0.717, 1.165) is 24.3 Å². The molecule has 5 nitrogen and oxygen atoms in total. The Morgan fingerprint density at radius 2 is 2.00 bits per heavy atom. The van der Waals surface area contributed by atoms with Crippen LogP contribution in [0.1, 0.15) is 28.5 Å². The van der Waals surface area contributed by atoms with Gasteiger partial charge in [-0.05, 0) is 30.7 Å². The molecule has 0 unspecified atom stereocenters. The monoisotopic (exact) mass is 272 g/mol. The van der Waals surface area contributed by atoms with Gasteiger partial charge < -0.3 is 10.6 Å². The van der Waals surface area contributed by atoms with Crippen LogP contribution in [-0.2, 0) is 20.0 Å². The first-order chi connectivity index (χ1) is 9.63.